The molecule has 0 radical (unpaired) electrons. The van der Waals surface area contributed by atoms with Crippen LogP contribution in [0.3, 0.4) is 0 Å². The number of aliphatic hydroxyl groups excluding tert-OH is 1. The molecule has 0 aromatic carbocycles. The predicted molar refractivity (Wildman–Crippen MR) is 87.8 cm³/mol. The summed E-state index contributed by atoms with van der Waals surface area (Å²) < 4.78 is 17.3. The zero-order valence-electron chi connectivity index (χ0n) is 13.3. The van der Waals surface area contributed by atoms with Gasteiger partial charge in [-0.25, -0.2) is 4.79 Å². The minimum atomic E-state index is -0.666. The van der Waals surface area contributed by atoms with E-state index in [0.29, 0.717) is 13.2 Å². The van der Waals surface area contributed by atoms with E-state index in [1.807, 2.05) is 6.08 Å². The lowest BCUT2D eigenvalue weighted by molar-refractivity contribution is -0.137. The molecule has 6 heteroatoms. The van der Waals surface area contributed by atoms with E-state index in [4.69, 9.17) is 14.2 Å². The Labute approximate surface area is 140 Å². The first-order chi connectivity index (χ1) is 10.5. The summed E-state index contributed by atoms with van der Waals surface area (Å²) in [7, 11) is 0. The number of halogens is 1. The molecule has 126 valence electrons. The third-order valence-corrected chi connectivity index (χ3v) is 3.89. The third-order valence-electron chi connectivity index (χ3n) is 3.18. The average molecular weight is 377 g/mol. The predicted octanol–water partition coefficient (Wildman–Crippen LogP) is 2.72. The van der Waals surface area contributed by atoms with Gasteiger partial charge in [-0.3, -0.25) is 0 Å². The first-order valence-corrected chi connectivity index (χ1v) is 8.46. The number of esters is 1. The maximum atomic E-state index is 11.5. The van der Waals surface area contributed by atoms with Crippen molar-refractivity contribution in [3.8, 4) is 0 Å². The molecule has 22 heavy (non-hydrogen) atoms. The van der Waals surface area contributed by atoms with Gasteiger partial charge in [0.05, 0.1) is 12.7 Å². The Morgan fingerprint density at radius 1 is 1.55 bits per heavy atom. The van der Waals surface area contributed by atoms with Gasteiger partial charge in [0.25, 0.3) is 0 Å². The van der Waals surface area contributed by atoms with Gasteiger partial charge >= 0.3 is 5.97 Å². The number of aliphatic hydroxyl groups is 1. The van der Waals surface area contributed by atoms with Gasteiger partial charge in [0.2, 0.25) is 0 Å². The smallest absolute Gasteiger partial charge is 0.330 e. The van der Waals surface area contributed by atoms with Gasteiger partial charge in [-0.2, -0.15) is 0 Å². The molecule has 1 aliphatic rings. The summed E-state index contributed by atoms with van der Waals surface area (Å²) in [4.78, 5) is 11.5. The van der Waals surface area contributed by atoms with Crippen molar-refractivity contribution in [1.82, 2.24) is 0 Å². The molecule has 0 aromatic rings. The Morgan fingerprint density at radius 3 is 2.86 bits per heavy atom. The van der Waals surface area contributed by atoms with Gasteiger partial charge in [-0.05, 0) is 32.4 Å². The van der Waals surface area contributed by atoms with E-state index in [9.17, 15) is 9.90 Å². The number of carbonyl (C=O) groups is 1. The van der Waals surface area contributed by atoms with Crippen molar-refractivity contribution < 1.29 is 24.1 Å². The molecular weight excluding hydrogens is 352 g/mol. The zero-order chi connectivity index (χ0) is 16.5. The van der Waals surface area contributed by atoms with Crippen LogP contribution >= 0.6 is 15.9 Å². The topological polar surface area (TPSA) is 65.0 Å². The molecule has 5 nitrogen and oxygen atoms in total. The first-order valence-electron chi connectivity index (χ1n) is 7.66. The Bertz CT molecular complexity index is 405. The van der Waals surface area contributed by atoms with Crippen molar-refractivity contribution in [2.45, 2.75) is 58.0 Å². The Morgan fingerprint density at radius 2 is 2.27 bits per heavy atom. The van der Waals surface area contributed by atoms with E-state index in [2.05, 4.69) is 22.9 Å². The summed E-state index contributed by atoms with van der Waals surface area (Å²) in [5.41, 5.74) is 0. The van der Waals surface area contributed by atoms with Crippen LogP contribution in [0, 0.1) is 0 Å². The summed E-state index contributed by atoms with van der Waals surface area (Å²) in [6.07, 6.45) is 4.97. The van der Waals surface area contributed by atoms with Crippen LogP contribution in [0.1, 0.15) is 33.6 Å². The normalized spacial score (nSPS) is 26.8. The molecule has 0 unspecified atom stereocenters. The van der Waals surface area contributed by atoms with Gasteiger partial charge in [0, 0.05) is 17.2 Å². The SMILES string of the molecule is CCCCO[C@@H]1C=C(Br)[C@@H]([C@H](C)O)O[C@@H]1/C=C/C(=O)OCC. The molecule has 0 saturated carbocycles. The fourth-order valence-corrected chi connectivity index (χ4v) is 2.78. The zero-order valence-corrected chi connectivity index (χ0v) is 14.9. The van der Waals surface area contributed by atoms with Crippen molar-refractivity contribution >= 4 is 21.9 Å². The fourth-order valence-electron chi connectivity index (χ4n) is 2.03. The molecule has 0 spiro atoms. The number of hydrogen-bond acceptors (Lipinski definition) is 5. The van der Waals surface area contributed by atoms with Gasteiger partial charge in [-0.1, -0.05) is 29.3 Å². The van der Waals surface area contributed by atoms with E-state index in [-0.39, 0.29) is 6.10 Å². The fraction of sp³-hybridized carbons (Fsp3) is 0.688. The highest BCUT2D eigenvalue weighted by atomic mass is 79.9. The molecule has 0 aliphatic carbocycles. The second-order valence-electron chi connectivity index (χ2n) is 5.11. The van der Waals surface area contributed by atoms with Crippen LogP contribution in [0.4, 0.5) is 0 Å². The minimum absolute atomic E-state index is 0.304. The van der Waals surface area contributed by atoms with Gasteiger partial charge in [0.1, 0.15) is 18.3 Å². The molecule has 1 rings (SSSR count). The molecule has 0 bridgehead atoms. The second-order valence-corrected chi connectivity index (χ2v) is 6.03. The van der Waals surface area contributed by atoms with Crippen molar-refractivity contribution in [2.24, 2.45) is 0 Å². The Balaban J connectivity index is 2.80. The number of ether oxygens (including phenoxy) is 3. The molecule has 1 aliphatic heterocycles. The monoisotopic (exact) mass is 376 g/mol. The van der Waals surface area contributed by atoms with Crippen LogP contribution in [0.15, 0.2) is 22.7 Å². The summed E-state index contributed by atoms with van der Waals surface area (Å²) >= 11 is 3.42. The van der Waals surface area contributed by atoms with Crippen LogP contribution in [-0.4, -0.2) is 48.7 Å². The van der Waals surface area contributed by atoms with Crippen LogP contribution in [0.2, 0.25) is 0 Å². The van der Waals surface area contributed by atoms with Crippen molar-refractivity contribution in [3.63, 3.8) is 0 Å². The van der Waals surface area contributed by atoms with Crippen molar-refractivity contribution in [2.75, 3.05) is 13.2 Å². The summed E-state index contributed by atoms with van der Waals surface area (Å²) in [6, 6.07) is 0. The van der Waals surface area contributed by atoms with Crippen LogP contribution in [0.5, 0.6) is 0 Å². The highest BCUT2D eigenvalue weighted by Gasteiger charge is 2.32. The quantitative estimate of drug-likeness (QED) is 0.400. The number of unbranched alkanes of at least 4 members (excludes halogenated alkanes) is 1. The van der Waals surface area contributed by atoms with Crippen LogP contribution in [-0.2, 0) is 19.0 Å². The molecule has 0 saturated heterocycles. The lowest BCUT2D eigenvalue weighted by atomic mass is 10.1. The van der Waals surface area contributed by atoms with E-state index in [0.717, 1.165) is 17.3 Å². The molecule has 0 fully saturated rings. The van der Waals surface area contributed by atoms with Crippen molar-refractivity contribution in [1.29, 1.82) is 0 Å². The summed E-state index contributed by atoms with van der Waals surface area (Å²) in [6.45, 7) is 6.44. The van der Waals surface area contributed by atoms with Gasteiger partial charge in [0.15, 0.2) is 0 Å². The highest BCUT2D eigenvalue weighted by Crippen LogP contribution is 2.28. The Hall–Kier alpha value is -0.690. The van der Waals surface area contributed by atoms with E-state index >= 15 is 0 Å². The lowest BCUT2D eigenvalue weighted by Crippen LogP contribution is -2.41. The average Bonchev–Trinajstić information content (AvgIpc) is 2.46. The van der Waals surface area contributed by atoms with Gasteiger partial charge in [-0.15, -0.1) is 0 Å². The Kier molecular flexibility index (Phi) is 8.93. The van der Waals surface area contributed by atoms with E-state index < -0.39 is 24.3 Å². The van der Waals surface area contributed by atoms with Crippen LogP contribution < -0.4 is 0 Å². The summed E-state index contributed by atoms with van der Waals surface area (Å²) in [5.74, 6) is -0.416. The largest absolute Gasteiger partial charge is 0.463 e. The van der Waals surface area contributed by atoms with Gasteiger partial charge < -0.3 is 19.3 Å². The van der Waals surface area contributed by atoms with Crippen LogP contribution in [0.25, 0.3) is 0 Å². The molecule has 0 amide bonds. The minimum Gasteiger partial charge on any atom is -0.463 e. The van der Waals surface area contributed by atoms with E-state index in [1.54, 1.807) is 19.9 Å². The molecule has 1 N–H and O–H groups in total. The number of hydrogen-bond donors (Lipinski definition) is 1. The van der Waals surface area contributed by atoms with E-state index in [1.165, 1.54) is 6.08 Å². The highest BCUT2D eigenvalue weighted by molar-refractivity contribution is 9.11. The molecular formula is C16H25BrO5. The molecule has 1 heterocycles. The summed E-state index contributed by atoms with van der Waals surface area (Å²) in [5, 5.41) is 9.77. The molecule has 0 aromatic heterocycles. The number of carbonyl (C=O) groups excluding carboxylic acids is 1. The molecule has 4 atom stereocenters. The number of rotatable bonds is 8. The maximum absolute atomic E-state index is 11.5. The van der Waals surface area contributed by atoms with Crippen molar-refractivity contribution in [3.05, 3.63) is 22.7 Å². The maximum Gasteiger partial charge on any atom is 0.330 e. The second kappa shape index (κ2) is 10.2. The first kappa shape index (κ1) is 19.4. The standard InChI is InChI=1S/C16H25BrO5/c1-4-6-9-21-14-10-12(17)16(11(3)18)22-13(14)7-8-15(19)20-5-2/h7-8,10-11,13-14,16,18H,4-6,9H2,1-3H3/b8-7+/t11-,13+,14+,16+/m0/s1. The lowest BCUT2D eigenvalue weighted by Gasteiger charge is -2.34. The third kappa shape index (κ3) is 6.20.